The summed E-state index contributed by atoms with van der Waals surface area (Å²) in [5, 5.41) is 7.61. The molecule has 3 rings (SSSR count). The summed E-state index contributed by atoms with van der Waals surface area (Å²) < 4.78 is 54.7. The Labute approximate surface area is 175 Å². The third-order valence-electron chi connectivity index (χ3n) is 4.67. The molecule has 162 valence electrons. The molecule has 0 unspecified atom stereocenters. The van der Waals surface area contributed by atoms with Gasteiger partial charge in [0.25, 0.3) is 5.91 Å². The van der Waals surface area contributed by atoms with Crippen molar-refractivity contribution in [3.8, 4) is 5.75 Å². The molecule has 3 N–H and O–H groups in total. The number of primary sulfonamides is 1. The molecule has 1 saturated heterocycles. The van der Waals surface area contributed by atoms with E-state index in [9.17, 15) is 21.6 Å². The van der Waals surface area contributed by atoms with Crippen LogP contribution in [0.15, 0.2) is 52.3 Å². The van der Waals surface area contributed by atoms with E-state index in [-0.39, 0.29) is 16.4 Å². The SMILES string of the molecule is Cc1cc(S(=O)(=O)N2CCCC2)ccc1OCC(=O)Nc1ccc(S(N)(=O)=O)cc1. The van der Waals surface area contributed by atoms with Crippen molar-refractivity contribution in [2.24, 2.45) is 5.14 Å². The predicted molar refractivity (Wildman–Crippen MR) is 111 cm³/mol. The Hall–Kier alpha value is -2.47. The van der Waals surface area contributed by atoms with Gasteiger partial charge in [0, 0.05) is 18.8 Å². The fraction of sp³-hybridized carbons (Fsp3) is 0.316. The van der Waals surface area contributed by atoms with E-state index in [0.717, 1.165) is 12.8 Å². The van der Waals surface area contributed by atoms with E-state index in [1.807, 2.05) is 0 Å². The first kappa shape index (κ1) is 22.2. The summed E-state index contributed by atoms with van der Waals surface area (Å²) in [6.45, 7) is 2.47. The summed E-state index contributed by atoms with van der Waals surface area (Å²) in [5.74, 6) is -0.0541. The lowest BCUT2D eigenvalue weighted by Gasteiger charge is -2.17. The van der Waals surface area contributed by atoms with Gasteiger partial charge in [-0.1, -0.05) is 0 Å². The number of nitrogens with two attached hydrogens (primary N) is 1. The molecule has 1 aliphatic heterocycles. The molecule has 1 amide bonds. The lowest BCUT2D eigenvalue weighted by Crippen LogP contribution is -2.27. The second-order valence-electron chi connectivity index (χ2n) is 6.94. The first-order valence-corrected chi connectivity index (χ1v) is 12.2. The van der Waals surface area contributed by atoms with Crippen molar-refractivity contribution in [1.29, 1.82) is 0 Å². The van der Waals surface area contributed by atoms with Gasteiger partial charge in [0.15, 0.2) is 6.61 Å². The van der Waals surface area contributed by atoms with E-state index in [4.69, 9.17) is 9.88 Å². The van der Waals surface area contributed by atoms with Gasteiger partial charge in [0.05, 0.1) is 9.79 Å². The molecule has 0 radical (unpaired) electrons. The van der Waals surface area contributed by atoms with E-state index in [1.165, 1.54) is 46.8 Å². The highest BCUT2D eigenvalue weighted by molar-refractivity contribution is 7.89. The first-order chi connectivity index (χ1) is 14.1. The minimum absolute atomic E-state index is 0.0589. The maximum absolute atomic E-state index is 12.6. The average molecular weight is 454 g/mol. The number of aryl methyl sites for hydroxylation is 1. The number of hydrogen-bond acceptors (Lipinski definition) is 6. The molecule has 1 aliphatic rings. The van der Waals surface area contributed by atoms with E-state index < -0.39 is 26.0 Å². The lowest BCUT2D eigenvalue weighted by molar-refractivity contribution is -0.118. The maximum atomic E-state index is 12.6. The van der Waals surface area contributed by atoms with E-state index in [2.05, 4.69) is 5.32 Å². The Morgan fingerprint density at radius 2 is 1.63 bits per heavy atom. The summed E-state index contributed by atoms with van der Waals surface area (Å²) >= 11 is 0. The molecule has 2 aromatic carbocycles. The molecule has 2 aromatic rings. The smallest absolute Gasteiger partial charge is 0.262 e. The fourth-order valence-corrected chi connectivity index (χ4v) is 5.21. The van der Waals surface area contributed by atoms with Crippen LogP contribution in [0.25, 0.3) is 0 Å². The molecule has 0 atom stereocenters. The monoisotopic (exact) mass is 453 g/mol. The standard InChI is InChI=1S/C19H23N3O6S2/c1-14-12-17(30(26,27)22-10-2-3-11-22)8-9-18(14)28-13-19(23)21-15-4-6-16(7-5-15)29(20,24)25/h4-9,12H,2-3,10-11,13H2,1H3,(H,21,23)(H2,20,24,25). The van der Waals surface area contributed by atoms with Crippen molar-refractivity contribution in [3.63, 3.8) is 0 Å². The van der Waals surface area contributed by atoms with Crippen molar-refractivity contribution < 1.29 is 26.4 Å². The van der Waals surface area contributed by atoms with Gasteiger partial charge in [-0.05, 0) is 67.8 Å². The third-order valence-corrected chi connectivity index (χ3v) is 7.50. The van der Waals surface area contributed by atoms with Gasteiger partial charge >= 0.3 is 0 Å². The van der Waals surface area contributed by atoms with Crippen LogP contribution < -0.4 is 15.2 Å². The zero-order chi connectivity index (χ0) is 21.9. The number of hydrogen-bond donors (Lipinski definition) is 2. The van der Waals surface area contributed by atoms with Gasteiger partial charge in [-0.3, -0.25) is 4.79 Å². The molecule has 0 bridgehead atoms. The van der Waals surface area contributed by atoms with E-state index >= 15 is 0 Å². The Morgan fingerprint density at radius 1 is 1.03 bits per heavy atom. The van der Waals surface area contributed by atoms with Crippen molar-refractivity contribution in [1.82, 2.24) is 4.31 Å². The molecule has 0 spiro atoms. The molecule has 0 aromatic heterocycles. The second-order valence-corrected chi connectivity index (χ2v) is 10.4. The van der Waals surface area contributed by atoms with Crippen molar-refractivity contribution in [3.05, 3.63) is 48.0 Å². The molecule has 30 heavy (non-hydrogen) atoms. The molecular weight excluding hydrogens is 430 g/mol. The highest BCUT2D eigenvalue weighted by Gasteiger charge is 2.27. The largest absolute Gasteiger partial charge is 0.483 e. The van der Waals surface area contributed by atoms with E-state index in [1.54, 1.807) is 6.92 Å². The molecule has 9 nitrogen and oxygen atoms in total. The third kappa shape index (κ3) is 5.17. The Morgan fingerprint density at radius 3 is 2.20 bits per heavy atom. The number of anilines is 1. The van der Waals surface area contributed by atoms with Gasteiger partial charge in [0.2, 0.25) is 20.0 Å². The Kier molecular flexibility index (Phi) is 6.46. The lowest BCUT2D eigenvalue weighted by atomic mass is 10.2. The van der Waals surface area contributed by atoms with Gasteiger partial charge in [-0.15, -0.1) is 0 Å². The van der Waals surface area contributed by atoms with Crippen LogP contribution in [0.2, 0.25) is 0 Å². The summed E-state index contributed by atoms with van der Waals surface area (Å²) in [4.78, 5) is 12.2. The zero-order valence-corrected chi connectivity index (χ0v) is 18.0. The predicted octanol–water partition coefficient (Wildman–Crippen LogP) is 1.44. The first-order valence-electron chi connectivity index (χ1n) is 9.24. The number of carbonyl (C=O) groups is 1. The maximum Gasteiger partial charge on any atom is 0.262 e. The number of benzene rings is 2. The van der Waals surface area contributed by atoms with Gasteiger partial charge in [0.1, 0.15) is 5.75 Å². The number of carbonyl (C=O) groups excluding carboxylic acids is 1. The number of nitrogens with one attached hydrogen (secondary N) is 1. The van der Waals surface area contributed by atoms with Crippen LogP contribution in [0.3, 0.4) is 0 Å². The number of amides is 1. The Balaban J connectivity index is 1.61. The Bertz CT molecular complexity index is 1140. The van der Waals surface area contributed by atoms with Crippen molar-refractivity contribution in [2.75, 3.05) is 25.0 Å². The minimum Gasteiger partial charge on any atom is -0.483 e. The number of nitrogens with zero attached hydrogens (tertiary/aromatic N) is 1. The molecule has 0 saturated carbocycles. The van der Waals surface area contributed by atoms with Crippen LogP contribution in [0.4, 0.5) is 5.69 Å². The molecule has 11 heteroatoms. The number of sulfonamides is 2. The molecule has 1 heterocycles. The number of ether oxygens (including phenoxy) is 1. The highest BCUT2D eigenvalue weighted by Crippen LogP contribution is 2.26. The van der Waals surface area contributed by atoms with Crippen LogP contribution in [0.1, 0.15) is 18.4 Å². The van der Waals surface area contributed by atoms with Crippen LogP contribution in [0, 0.1) is 6.92 Å². The van der Waals surface area contributed by atoms with E-state index in [0.29, 0.717) is 30.1 Å². The number of rotatable bonds is 7. The summed E-state index contributed by atoms with van der Waals surface area (Å²) in [5.41, 5.74) is 0.986. The summed E-state index contributed by atoms with van der Waals surface area (Å²) in [6.07, 6.45) is 1.72. The van der Waals surface area contributed by atoms with Crippen molar-refractivity contribution in [2.45, 2.75) is 29.6 Å². The molecular formula is C19H23N3O6S2. The van der Waals surface area contributed by atoms with Crippen LogP contribution >= 0.6 is 0 Å². The van der Waals surface area contributed by atoms with Gasteiger partial charge in [-0.2, -0.15) is 4.31 Å². The molecule has 1 fully saturated rings. The highest BCUT2D eigenvalue weighted by atomic mass is 32.2. The van der Waals surface area contributed by atoms with Crippen LogP contribution in [-0.2, 0) is 24.8 Å². The average Bonchev–Trinajstić information content (AvgIpc) is 3.22. The topological polar surface area (TPSA) is 136 Å². The fourth-order valence-electron chi connectivity index (χ4n) is 3.09. The second kappa shape index (κ2) is 8.72. The quantitative estimate of drug-likeness (QED) is 0.651. The van der Waals surface area contributed by atoms with Crippen LogP contribution in [0.5, 0.6) is 5.75 Å². The van der Waals surface area contributed by atoms with Gasteiger partial charge in [-0.25, -0.2) is 22.0 Å². The van der Waals surface area contributed by atoms with Gasteiger partial charge < -0.3 is 10.1 Å². The summed E-state index contributed by atoms with van der Waals surface area (Å²) in [7, 11) is -7.32. The summed E-state index contributed by atoms with van der Waals surface area (Å²) in [6, 6.07) is 9.95. The minimum atomic E-state index is -3.80. The van der Waals surface area contributed by atoms with Crippen LogP contribution in [-0.4, -0.2) is 46.7 Å². The molecule has 0 aliphatic carbocycles. The van der Waals surface area contributed by atoms with Crippen molar-refractivity contribution >= 4 is 31.6 Å². The normalized spacial score (nSPS) is 15.1. The zero-order valence-electron chi connectivity index (χ0n) is 16.4.